The first-order chi connectivity index (χ1) is 6.01. The van der Waals surface area contributed by atoms with Crippen molar-refractivity contribution in [1.82, 2.24) is 0 Å². The molecule has 13 heavy (non-hydrogen) atoms. The van der Waals surface area contributed by atoms with Gasteiger partial charge < -0.3 is 4.18 Å². The zero-order valence-corrected chi connectivity index (χ0v) is 8.04. The van der Waals surface area contributed by atoms with E-state index >= 15 is 0 Å². The predicted molar refractivity (Wildman–Crippen MR) is 49.6 cm³/mol. The van der Waals surface area contributed by atoms with Crippen molar-refractivity contribution in [1.29, 1.82) is 0 Å². The van der Waals surface area contributed by atoms with Crippen LogP contribution in [0.25, 0.3) is 0 Å². The fraction of sp³-hybridized carbons (Fsp3) is 0.250. The Labute approximate surface area is 77.6 Å². The molecule has 4 nitrogen and oxygen atoms in total. The Morgan fingerprint density at radius 3 is 2.69 bits per heavy atom. The maximum Gasteiger partial charge on any atom is 0.380 e. The first-order valence-electron chi connectivity index (χ1n) is 3.82. The van der Waals surface area contributed by atoms with Gasteiger partial charge in [-0.15, -0.1) is 0 Å². The molecule has 0 spiro atoms. The third-order valence-electron chi connectivity index (χ3n) is 1.52. The van der Waals surface area contributed by atoms with Crippen molar-refractivity contribution < 1.29 is 12.6 Å². The average Bonchev–Trinajstić information content (AvgIpc) is 2.01. The third-order valence-corrected chi connectivity index (χ3v) is 1.94. The molecule has 5 heteroatoms. The Balaban J connectivity index is 2.90. The molecule has 0 aliphatic rings. The molecule has 0 heterocycles. The summed E-state index contributed by atoms with van der Waals surface area (Å²) in [6, 6.07) is 6.79. The lowest BCUT2D eigenvalue weighted by Crippen LogP contribution is -2.18. The number of hydrogen-bond acceptors (Lipinski definition) is 3. The van der Waals surface area contributed by atoms with E-state index in [-0.39, 0.29) is 5.75 Å². The van der Waals surface area contributed by atoms with Gasteiger partial charge in [-0.2, -0.15) is 13.6 Å². The van der Waals surface area contributed by atoms with Crippen LogP contribution < -0.4 is 9.32 Å². The summed E-state index contributed by atoms with van der Waals surface area (Å²) in [5, 5.41) is 4.71. The van der Waals surface area contributed by atoms with Crippen LogP contribution in [0.2, 0.25) is 0 Å². The normalized spacial score (nSPS) is 11.2. The van der Waals surface area contributed by atoms with Crippen LogP contribution in [0.4, 0.5) is 0 Å². The van der Waals surface area contributed by atoms with E-state index < -0.39 is 10.3 Å². The summed E-state index contributed by atoms with van der Waals surface area (Å²) in [6.07, 6.45) is 0.821. The Hall–Kier alpha value is -1.07. The average molecular weight is 201 g/mol. The fourth-order valence-corrected chi connectivity index (χ4v) is 1.32. The first kappa shape index (κ1) is 10.0. The molecule has 1 rings (SSSR count). The van der Waals surface area contributed by atoms with E-state index in [4.69, 9.17) is 5.14 Å². The molecule has 0 aliphatic heterocycles. The van der Waals surface area contributed by atoms with Gasteiger partial charge in [-0.1, -0.05) is 19.1 Å². The largest absolute Gasteiger partial charge is 0.380 e. The highest BCUT2D eigenvalue weighted by molar-refractivity contribution is 7.84. The third kappa shape index (κ3) is 3.43. The van der Waals surface area contributed by atoms with Gasteiger partial charge in [0.15, 0.2) is 0 Å². The van der Waals surface area contributed by atoms with Crippen molar-refractivity contribution in [2.45, 2.75) is 13.3 Å². The first-order valence-corrected chi connectivity index (χ1v) is 5.29. The van der Waals surface area contributed by atoms with Gasteiger partial charge in [-0.3, -0.25) is 0 Å². The summed E-state index contributed by atoms with van der Waals surface area (Å²) in [4.78, 5) is 0. The zero-order chi connectivity index (χ0) is 9.90. The van der Waals surface area contributed by atoms with Crippen LogP contribution in [-0.2, 0) is 16.7 Å². The van der Waals surface area contributed by atoms with Crippen molar-refractivity contribution in [3.63, 3.8) is 0 Å². The van der Waals surface area contributed by atoms with Gasteiger partial charge in [-0.25, -0.2) is 0 Å². The second-order valence-corrected chi connectivity index (χ2v) is 3.73. The topological polar surface area (TPSA) is 69.4 Å². The lowest BCUT2D eigenvalue weighted by Gasteiger charge is -2.03. The molecular formula is C8H11NO3S. The molecule has 0 aliphatic carbocycles. The molecule has 2 N–H and O–H groups in total. The van der Waals surface area contributed by atoms with Crippen molar-refractivity contribution in [3.8, 4) is 5.75 Å². The van der Waals surface area contributed by atoms with E-state index in [9.17, 15) is 8.42 Å². The van der Waals surface area contributed by atoms with Crippen LogP contribution in [0.5, 0.6) is 5.75 Å². The summed E-state index contributed by atoms with van der Waals surface area (Å²) in [7, 11) is -3.90. The number of rotatable bonds is 3. The van der Waals surface area contributed by atoms with Crippen LogP contribution in [-0.4, -0.2) is 8.42 Å². The van der Waals surface area contributed by atoms with Crippen molar-refractivity contribution >= 4 is 10.3 Å². The number of nitrogens with two attached hydrogens (primary N) is 1. The van der Waals surface area contributed by atoms with Gasteiger partial charge in [0.25, 0.3) is 0 Å². The minimum absolute atomic E-state index is 0.252. The zero-order valence-electron chi connectivity index (χ0n) is 7.23. The van der Waals surface area contributed by atoms with E-state index in [0.29, 0.717) is 0 Å². The quantitative estimate of drug-likeness (QED) is 0.787. The number of hydrogen-bond donors (Lipinski definition) is 1. The van der Waals surface area contributed by atoms with E-state index in [0.717, 1.165) is 12.0 Å². The molecule has 1 aromatic rings. The molecule has 0 bridgehead atoms. The van der Waals surface area contributed by atoms with Crippen LogP contribution in [0.1, 0.15) is 12.5 Å². The van der Waals surface area contributed by atoms with Crippen molar-refractivity contribution in [2.75, 3.05) is 0 Å². The van der Waals surface area contributed by atoms with Crippen LogP contribution in [0, 0.1) is 0 Å². The Bertz CT molecular complexity index is 386. The van der Waals surface area contributed by atoms with Crippen LogP contribution in [0.3, 0.4) is 0 Å². The Kier molecular flexibility index (Phi) is 2.90. The maximum atomic E-state index is 10.6. The second-order valence-electron chi connectivity index (χ2n) is 2.58. The molecule has 0 atom stereocenters. The van der Waals surface area contributed by atoms with E-state index in [1.165, 1.54) is 0 Å². The molecule has 0 radical (unpaired) electrons. The second kappa shape index (κ2) is 3.76. The van der Waals surface area contributed by atoms with E-state index in [1.54, 1.807) is 18.2 Å². The predicted octanol–water partition coefficient (Wildman–Crippen LogP) is 0.831. The molecule has 0 amide bonds. The van der Waals surface area contributed by atoms with Gasteiger partial charge in [-0.05, 0) is 24.1 Å². The molecule has 0 aromatic heterocycles. The lowest BCUT2D eigenvalue weighted by molar-refractivity contribution is 0.487. The van der Waals surface area contributed by atoms with E-state index in [2.05, 4.69) is 4.18 Å². The molecule has 0 saturated carbocycles. The monoisotopic (exact) mass is 201 g/mol. The molecule has 1 aromatic carbocycles. The molecule has 72 valence electrons. The Morgan fingerprint density at radius 2 is 2.15 bits per heavy atom. The van der Waals surface area contributed by atoms with Crippen molar-refractivity contribution in [2.24, 2.45) is 5.14 Å². The molecular weight excluding hydrogens is 190 g/mol. The summed E-state index contributed by atoms with van der Waals surface area (Å²) in [5.41, 5.74) is 1.00. The highest BCUT2D eigenvalue weighted by Crippen LogP contribution is 2.14. The lowest BCUT2D eigenvalue weighted by atomic mass is 10.2. The molecule has 0 fully saturated rings. The number of aryl methyl sites for hydroxylation is 1. The summed E-state index contributed by atoms with van der Waals surface area (Å²) in [6.45, 7) is 1.97. The molecule has 0 saturated heterocycles. The number of benzene rings is 1. The maximum absolute atomic E-state index is 10.6. The Morgan fingerprint density at radius 1 is 1.46 bits per heavy atom. The van der Waals surface area contributed by atoms with Gasteiger partial charge >= 0.3 is 10.3 Å². The highest BCUT2D eigenvalue weighted by Gasteiger charge is 2.04. The minimum Gasteiger partial charge on any atom is -0.371 e. The van der Waals surface area contributed by atoms with Gasteiger partial charge in [0.05, 0.1) is 0 Å². The summed E-state index contributed by atoms with van der Waals surface area (Å²) < 4.78 is 25.6. The van der Waals surface area contributed by atoms with Crippen LogP contribution >= 0.6 is 0 Å². The summed E-state index contributed by atoms with van der Waals surface area (Å²) in [5.74, 6) is 0.252. The van der Waals surface area contributed by atoms with Gasteiger partial charge in [0.1, 0.15) is 5.75 Å². The minimum atomic E-state index is -3.90. The van der Waals surface area contributed by atoms with Gasteiger partial charge in [0.2, 0.25) is 0 Å². The van der Waals surface area contributed by atoms with Crippen LogP contribution in [0.15, 0.2) is 24.3 Å². The summed E-state index contributed by atoms with van der Waals surface area (Å²) >= 11 is 0. The van der Waals surface area contributed by atoms with Gasteiger partial charge in [0, 0.05) is 0 Å². The standard InChI is InChI=1S/C8H11NO3S/c1-2-7-4-3-5-8(6-7)12-13(9,10)11/h3-6H,2H2,1H3,(H2,9,10,11). The van der Waals surface area contributed by atoms with Crippen molar-refractivity contribution in [3.05, 3.63) is 29.8 Å². The smallest absolute Gasteiger partial charge is 0.371 e. The molecule has 0 unspecified atom stereocenters. The van der Waals surface area contributed by atoms with E-state index in [1.807, 2.05) is 13.0 Å². The SMILES string of the molecule is CCc1cccc(OS(N)(=O)=O)c1. The highest BCUT2D eigenvalue weighted by atomic mass is 32.2. The fourth-order valence-electron chi connectivity index (χ4n) is 0.951.